The van der Waals surface area contributed by atoms with Crippen molar-refractivity contribution in [1.29, 1.82) is 0 Å². The van der Waals surface area contributed by atoms with Gasteiger partial charge in [0, 0.05) is 40.3 Å². The molecule has 4 rings (SSSR count). The SMILES string of the molecule is CNc1ccc2c(=O)c(-c3ccc(NC(=O)NS(=O)(=O)c4ccc(C)s4)cc3)cc(=O)[nH]c2c1. The summed E-state index contributed by atoms with van der Waals surface area (Å²) in [6.07, 6.45) is 0. The Hall–Kier alpha value is -3.96. The number of sulfonamides is 1. The number of carbonyl (C=O) groups excluding carboxylic acids is 1. The summed E-state index contributed by atoms with van der Waals surface area (Å²) in [6.45, 7) is 1.77. The van der Waals surface area contributed by atoms with Gasteiger partial charge in [-0.05, 0) is 55.0 Å². The van der Waals surface area contributed by atoms with Gasteiger partial charge >= 0.3 is 6.03 Å². The monoisotopic (exact) mass is 496 g/mol. The molecule has 2 aromatic carbocycles. The second-order valence-corrected chi connectivity index (χ2v) is 10.6. The molecular formula is C23H20N4O5S2. The van der Waals surface area contributed by atoms with E-state index in [0.717, 1.165) is 21.9 Å². The highest BCUT2D eigenvalue weighted by atomic mass is 32.2. The lowest BCUT2D eigenvalue weighted by Crippen LogP contribution is -2.33. The minimum Gasteiger partial charge on any atom is -0.388 e. The zero-order valence-corrected chi connectivity index (χ0v) is 19.8. The molecular weight excluding hydrogens is 476 g/mol. The standard InChI is InChI=1S/C23H20N4O5S2/c1-13-3-10-21(33-13)34(31,32)27-23(30)25-15-6-4-14(5-7-15)18-12-20(28)26-19-11-16(24-2)8-9-17(19)22(18)29/h3-12,24H,1-2H3,(H,26,28)(H2,25,27,30). The maximum Gasteiger partial charge on any atom is 0.333 e. The number of benzene rings is 2. The lowest BCUT2D eigenvalue weighted by molar-refractivity contribution is 0.256. The molecule has 174 valence electrons. The van der Waals surface area contributed by atoms with E-state index >= 15 is 0 Å². The Morgan fingerprint density at radius 1 is 0.941 bits per heavy atom. The number of anilines is 2. The zero-order chi connectivity index (χ0) is 24.5. The molecule has 0 aliphatic heterocycles. The maximum absolute atomic E-state index is 13.1. The summed E-state index contributed by atoms with van der Waals surface area (Å²) in [5.41, 5.74) is 1.37. The Bertz CT molecular complexity index is 1620. The minimum atomic E-state index is -3.98. The molecule has 0 unspecified atom stereocenters. The smallest absolute Gasteiger partial charge is 0.333 e. The second kappa shape index (κ2) is 9.12. The average Bonchev–Trinajstić information content (AvgIpc) is 3.19. The highest BCUT2D eigenvalue weighted by Crippen LogP contribution is 2.22. The van der Waals surface area contributed by atoms with Gasteiger partial charge in [0.05, 0.1) is 5.52 Å². The lowest BCUT2D eigenvalue weighted by Gasteiger charge is -2.08. The number of fused-ring (bicyclic) bond motifs is 1. The van der Waals surface area contributed by atoms with Crippen LogP contribution in [0.15, 0.2) is 74.5 Å². The highest BCUT2D eigenvalue weighted by Gasteiger charge is 2.19. The summed E-state index contributed by atoms with van der Waals surface area (Å²) < 4.78 is 26.6. The fraction of sp³-hybridized carbons (Fsp3) is 0.0870. The van der Waals surface area contributed by atoms with Gasteiger partial charge in [0.2, 0.25) is 5.56 Å². The number of H-pyrrole nitrogens is 1. The van der Waals surface area contributed by atoms with Crippen LogP contribution in [0.1, 0.15) is 4.88 Å². The zero-order valence-electron chi connectivity index (χ0n) is 18.1. The van der Waals surface area contributed by atoms with Crippen LogP contribution in [0.5, 0.6) is 0 Å². The van der Waals surface area contributed by atoms with Crippen LogP contribution in [0.2, 0.25) is 0 Å². The normalized spacial score (nSPS) is 11.2. The van der Waals surface area contributed by atoms with Gasteiger partial charge in [-0.25, -0.2) is 17.9 Å². The first-order valence-electron chi connectivity index (χ1n) is 10.1. The third kappa shape index (κ3) is 4.85. The summed E-state index contributed by atoms with van der Waals surface area (Å²) in [5, 5.41) is 5.76. The van der Waals surface area contributed by atoms with E-state index in [2.05, 4.69) is 15.6 Å². The van der Waals surface area contributed by atoms with Crippen LogP contribution >= 0.6 is 11.3 Å². The second-order valence-electron chi connectivity index (χ2n) is 7.39. The molecule has 2 heterocycles. The molecule has 0 aliphatic rings. The first-order valence-corrected chi connectivity index (χ1v) is 12.4. The molecule has 4 aromatic rings. The summed E-state index contributed by atoms with van der Waals surface area (Å²) >= 11 is 1.06. The van der Waals surface area contributed by atoms with Gasteiger partial charge in [-0.2, -0.15) is 0 Å². The van der Waals surface area contributed by atoms with Gasteiger partial charge in [-0.3, -0.25) is 9.59 Å². The summed E-state index contributed by atoms with van der Waals surface area (Å²) in [5.74, 6) is 0. The van der Waals surface area contributed by atoms with Crippen molar-refractivity contribution < 1.29 is 13.2 Å². The molecule has 9 nitrogen and oxygen atoms in total. The molecule has 4 N–H and O–H groups in total. The topological polar surface area (TPSA) is 137 Å². The molecule has 11 heteroatoms. The molecule has 2 aromatic heterocycles. The van der Waals surface area contributed by atoms with Crippen molar-refractivity contribution in [3.63, 3.8) is 0 Å². The van der Waals surface area contributed by atoms with Crippen molar-refractivity contribution in [2.45, 2.75) is 11.1 Å². The number of aromatic amines is 1. The van der Waals surface area contributed by atoms with Gasteiger partial charge in [0.1, 0.15) is 4.21 Å². The van der Waals surface area contributed by atoms with Gasteiger partial charge in [-0.1, -0.05) is 12.1 Å². The summed E-state index contributed by atoms with van der Waals surface area (Å²) in [4.78, 5) is 41.2. The Morgan fingerprint density at radius 3 is 2.29 bits per heavy atom. The van der Waals surface area contributed by atoms with E-state index in [9.17, 15) is 22.8 Å². The number of carbonyl (C=O) groups is 1. The molecule has 0 spiro atoms. The number of thiophene rings is 1. The molecule has 34 heavy (non-hydrogen) atoms. The Morgan fingerprint density at radius 2 is 1.65 bits per heavy atom. The molecule has 0 radical (unpaired) electrons. The van der Waals surface area contributed by atoms with Crippen LogP contribution in [0.3, 0.4) is 0 Å². The summed E-state index contributed by atoms with van der Waals surface area (Å²) in [7, 11) is -2.24. The number of hydrogen-bond donors (Lipinski definition) is 4. The van der Waals surface area contributed by atoms with E-state index in [0.29, 0.717) is 22.2 Å². The van der Waals surface area contributed by atoms with E-state index in [1.165, 1.54) is 24.3 Å². The number of nitrogens with one attached hydrogen (secondary N) is 4. The van der Waals surface area contributed by atoms with E-state index in [1.54, 1.807) is 50.4 Å². The van der Waals surface area contributed by atoms with Gasteiger partial charge in [0.25, 0.3) is 10.0 Å². The Balaban J connectivity index is 1.59. The van der Waals surface area contributed by atoms with E-state index < -0.39 is 21.6 Å². The van der Waals surface area contributed by atoms with E-state index in [1.807, 2.05) is 4.72 Å². The van der Waals surface area contributed by atoms with Crippen molar-refractivity contribution in [3.8, 4) is 11.1 Å². The first kappa shape index (κ1) is 23.2. The molecule has 0 saturated carbocycles. The third-order valence-corrected chi connectivity index (χ3v) is 7.82. The summed E-state index contributed by atoms with van der Waals surface area (Å²) in [6, 6.07) is 14.6. The molecule has 0 bridgehead atoms. The van der Waals surface area contributed by atoms with Crippen molar-refractivity contribution in [3.05, 3.63) is 86.1 Å². The van der Waals surface area contributed by atoms with Gasteiger partial charge < -0.3 is 15.6 Å². The van der Waals surface area contributed by atoms with Gasteiger partial charge in [-0.15, -0.1) is 11.3 Å². The lowest BCUT2D eigenvalue weighted by atomic mass is 10.0. The number of aromatic nitrogens is 1. The Labute approximate surface area is 198 Å². The fourth-order valence-corrected chi connectivity index (χ4v) is 5.54. The number of amides is 2. The van der Waals surface area contributed by atoms with Crippen LogP contribution in [0.25, 0.3) is 22.0 Å². The predicted octanol–water partition coefficient (Wildman–Crippen LogP) is 3.48. The van der Waals surface area contributed by atoms with E-state index in [-0.39, 0.29) is 15.2 Å². The van der Waals surface area contributed by atoms with Crippen molar-refractivity contribution in [2.75, 3.05) is 17.7 Å². The number of aryl methyl sites for hydroxylation is 1. The van der Waals surface area contributed by atoms with Crippen LogP contribution in [0, 0.1) is 6.92 Å². The van der Waals surface area contributed by atoms with Crippen molar-refractivity contribution in [2.24, 2.45) is 0 Å². The van der Waals surface area contributed by atoms with Crippen LogP contribution < -0.4 is 26.3 Å². The number of urea groups is 1. The van der Waals surface area contributed by atoms with E-state index in [4.69, 9.17) is 0 Å². The van der Waals surface area contributed by atoms with Crippen LogP contribution in [0.4, 0.5) is 16.2 Å². The Kier molecular flexibility index (Phi) is 6.22. The molecule has 0 fully saturated rings. The fourth-order valence-electron chi connectivity index (χ4n) is 3.34. The van der Waals surface area contributed by atoms with Gasteiger partial charge in [0.15, 0.2) is 5.43 Å². The predicted molar refractivity (Wildman–Crippen MR) is 134 cm³/mol. The average molecular weight is 497 g/mol. The van der Waals surface area contributed by atoms with Crippen LogP contribution in [-0.4, -0.2) is 26.5 Å². The molecule has 0 saturated heterocycles. The molecule has 0 aliphatic carbocycles. The maximum atomic E-state index is 13.1. The van der Waals surface area contributed by atoms with Crippen LogP contribution in [-0.2, 0) is 10.0 Å². The first-order chi connectivity index (χ1) is 16.2. The van der Waals surface area contributed by atoms with Crippen molar-refractivity contribution in [1.82, 2.24) is 9.71 Å². The third-order valence-electron chi connectivity index (χ3n) is 4.99. The largest absolute Gasteiger partial charge is 0.388 e. The molecule has 0 atom stereocenters. The van der Waals surface area contributed by atoms with Crippen molar-refractivity contribution >= 4 is 49.7 Å². The quantitative estimate of drug-likeness (QED) is 0.334. The number of rotatable bonds is 5. The molecule has 2 amide bonds. The number of hydrogen-bond acceptors (Lipinski definition) is 7. The minimum absolute atomic E-state index is 0.0368. The highest BCUT2D eigenvalue weighted by molar-refractivity contribution is 7.92.